The van der Waals surface area contributed by atoms with Crippen LogP contribution in [-0.2, 0) is 20.0 Å². The number of aromatic nitrogens is 2. The zero-order chi connectivity index (χ0) is 15.2. The fourth-order valence-electron chi connectivity index (χ4n) is 2.24. The lowest BCUT2D eigenvalue weighted by Crippen LogP contribution is -2.02. The molecule has 0 saturated heterocycles. The molecule has 0 bridgehead atoms. The van der Waals surface area contributed by atoms with Crippen LogP contribution in [-0.4, -0.2) is 23.5 Å². The Morgan fingerprint density at radius 1 is 1.24 bits per heavy atom. The van der Waals surface area contributed by atoms with E-state index in [2.05, 4.69) is 17.3 Å². The second-order valence-corrected chi connectivity index (χ2v) is 4.79. The van der Waals surface area contributed by atoms with E-state index in [-0.39, 0.29) is 0 Å². The van der Waals surface area contributed by atoms with Crippen LogP contribution in [0.15, 0.2) is 24.4 Å². The van der Waals surface area contributed by atoms with Gasteiger partial charge in [-0.05, 0) is 31.0 Å². The van der Waals surface area contributed by atoms with E-state index in [1.807, 2.05) is 43.0 Å². The number of ether oxygens (including phenoxy) is 2. The van der Waals surface area contributed by atoms with Gasteiger partial charge in [0.15, 0.2) is 11.5 Å². The third-order valence-corrected chi connectivity index (χ3v) is 3.25. The summed E-state index contributed by atoms with van der Waals surface area (Å²) in [5.41, 5.74) is 3.30. The first kappa shape index (κ1) is 15.2. The molecular formula is C16H23N3O2. The predicted octanol–water partition coefficient (Wildman–Crippen LogP) is 3.00. The molecule has 114 valence electrons. The van der Waals surface area contributed by atoms with Gasteiger partial charge >= 0.3 is 0 Å². The quantitative estimate of drug-likeness (QED) is 0.851. The van der Waals surface area contributed by atoms with E-state index >= 15 is 0 Å². The van der Waals surface area contributed by atoms with Gasteiger partial charge in [0.05, 0.1) is 25.1 Å². The Bertz CT molecular complexity index is 593. The number of hydrogen-bond donors (Lipinski definition) is 1. The summed E-state index contributed by atoms with van der Waals surface area (Å²) >= 11 is 0. The highest BCUT2D eigenvalue weighted by Gasteiger charge is 2.08. The van der Waals surface area contributed by atoms with E-state index in [1.165, 1.54) is 0 Å². The highest BCUT2D eigenvalue weighted by atomic mass is 16.5. The zero-order valence-corrected chi connectivity index (χ0v) is 13.1. The van der Waals surface area contributed by atoms with Crippen molar-refractivity contribution in [3.63, 3.8) is 0 Å². The van der Waals surface area contributed by atoms with Gasteiger partial charge in [0.2, 0.25) is 0 Å². The molecule has 0 fully saturated rings. The summed E-state index contributed by atoms with van der Waals surface area (Å²) in [6.45, 7) is 5.42. The highest BCUT2D eigenvalue weighted by molar-refractivity contribution is 5.48. The molecule has 0 aliphatic heterocycles. The summed E-state index contributed by atoms with van der Waals surface area (Å²) in [5, 5.41) is 7.85. The minimum Gasteiger partial charge on any atom is -0.493 e. The van der Waals surface area contributed by atoms with Gasteiger partial charge in [-0.1, -0.05) is 13.0 Å². The van der Waals surface area contributed by atoms with E-state index in [4.69, 9.17) is 9.47 Å². The average molecular weight is 289 g/mol. The molecule has 0 atom stereocenters. The zero-order valence-electron chi connectivity index (χ0n) is 13.1. The van der Waals surface area contributed by atoms with E-state index < -0.39 is 0 Å². The Kier molecular flexibility index (Phi) is 5.09. The normalized spacial score (nSPS) is 10.5. The lowest BCUT2D eigenvalue weighted by atomic mass is 10.2. The molecule has 0 unspecified atom stereocenters. The Balaban J connectivity index is 2.10. The SMILES string of the molecule is CCOc1cc(CNc2cn(C)nc2CC)ccc1OC. The van der Waals surface area contributed by atoms with Gasteiger partial charge in [-0.2, -0.15) is 5.10 Å². The summed E-state index contributed by atoms with van der Waals surface area (Å²) in [6.07, 6.45) is 2.92. The Morgan fingerprint density at radius 3 is 2.71 bits per heavy atom. The summed E-state index contributed by atoms with van der Waals surface area (Å²) < 4.78 is 12.7. The first-order valence-electron chi connectivity index (χ1n) is 7.24. The van der Waals surface area contributed by atoms with Gasteiger partial charge in [0.25, 0.3) is 0 Å². The molecule has 0 aliphatic carbocycles. The number of nitrogens with one attached hydrogen (secondary N) is 1. The maximum atomic E-state index is 5.60. The van der Waals surface area contributed by atoms with Gasteiger partial charge < -0.3 is 14.8 Å². The lowest BCUT2D eigenvalue weighted by molar-refractivity contribution is 0.310. The Hall–Kier alpha value is -2.17. The number of methoxy groups -OCH3 is 1. The maximum absolute atomic E-state index is 5.60. The van der Waals surface area contributed by atoms with Crippen LogP contribution < -0.4 is 14.8 Å². The van der Waals surface area contributed by atoms with Gasteiger partial charge in [-0.3, -0.25) is 4.68 Å². The largest absolute Gasteiger partial charge is 0.493 e. The molecule has 1 heterocycles. The molecular weight excluding hydrogens is 266 g/mol. The standard InChI is InChI=1S/C16H23N3O2/c1-5-13-14(11-19(3)18-13)17-10-12-7-8-15(20-4)16(9-12)21-6-2/h7-9,11,17H,5-6,10H2,1-4H3. The smallest absolute Gasteiger partial charge is 0.161 e. The van der Waals surface area contributed by atoms with Gasteiger partial charge in [0.1, 0.15) is 0 Å². The molecule has 21 heavy (non-hydrogen) atoms. The van der Waals surface area contributed by atoms with E-state index in [9.17, 15) is 0 Å². The Labute approximate surface area is 125 Å². The fraction of sp³-hybridized carbons (Fsp3) is 0.438. The Morgan fingerprint density at radius 2 is 2.05 bits per heavy atom. The van der Waals surface area contributed by atoms with Crippen LogP contribution >= 0.6 is 0 Å². The fourth-order valence-corrected chi connectivity index (χ4v) is 2.24. The van der Waals surface area contributed by atoms with Crippen LogP contribution in [0.3, 0.4) is 0 Å². The van der Waals surface area contributed by atoms with Gasteiger partial charge in [-0.25, -0.2) is 0 Å². The van der Waals surface area contributed by atoms with Crippen molar-refractivity contribution in [2.75, 3.05) is 19.0 Å². The molecule has 0 amide bonds. The van der Waals surface area contributed by atoms with E-state index in [0.717, 1.165) is 41.4 Å². The predicted molar refractivity (Wildman–Crippen MR) is 84.1 cm³/mol. The molecule has 0 saturated carbocycles. The van der Waals surface area contributed by atoms with E-state index in [0.29, 0.717) is 6.61 Å². The maximum Gasteiger partial charge on any atom is 0.161 e. The van der Waals surface area contributed by atoms with Crippen molar-refractivity contribution in [1.29, 1.82) is 0 Å². The highest BCUT2D eigenvalue weighted by Crippen LogP contribution is 2.28. The van der Waals surface area contributed by atoms with Crippen molar-refractivity contribution < 1.29 is 9.47 Å². The second-order valence-electron chi connectivity index (χ2n) is 4.79. The number of anilines is 1. The van der Waals surface area contributed by atoms with Crippen LogP contribution in [0, 0.1) is 0 Å². The van der Waals surface area contributed by atoms with Gasteiger partial charge in [-0.15, -0.1) is 0 Å². The summed E-state index contributed by atoms with van der Waals surface area (Å²) in [6, 6.07) is 5.99. The average Bonchev–Trinajstić information content (AvgIpc) is 2.86. The van der Waals surface area contributed by atoms with Crippen molar-refractivity contribution in [2.45, 2.75) is 26.8 Å². The summed E-state index contributed by atoms with van der Waals surface area (Å²) in [5.74, 6) is 1.54. The summed E-state index contributed by atoms with van der Waals surface area (Å²) in [4.78, 5) is 0. The van der Waals surface area contributed by atoms with Crippen LogP contribution in [0.2, 0.25) is 0 Å². The minimum atomic E-state index is 0.621. The van der Waals surface area contributed by atoms with Crippen molar-refractivity contribution in [1.82, 2.24) is 9.78 Å². The van der Waals surface area contributed by atoms with Crippen molar-refractivity contribution in [3.05, 3.63) is 35.7 Å². The molecule has 2 rings (SSSR count). The third kappa shape index (κ3) is 3.68. The number of hydrogen-bond acceptors (Lipinski definition) is 4. The monoisotopic (exact) mass is 289 g/mol. The molecule has 1 aromatic heterocycles. The van der Waals surface area contributed by atoms with Crippen LogP contribution in [0.1, 0.15) is 25.1 Å². The lowest BCUT2D eigenvalue weighted by Gasteiger charge is -2.12. The van der Waals surface area contributed by atoms with E-state index in [1.54, 1.807) is 7.11 Å². The van der Waals surface area contributed by atoms with Gasteiger partial charge in [0, 0.05) is 19.8 Å². The second kappa shape index (κ2) is 7.02. The first-order chi connectivity index (χ1) is 10.2. The van der Waals surface area contributed by atoms with Crippen LogP contribution in [0.25, 0.3) is 0 Å². The van der Waals surface area contributed by atoms with Crippen molar-refractivity contribution >= 4 is 5.69 Å². The molecule has 5 nitrogen and oxygen atoms in total. The minimum absolute atomic E-state index is 0.621. The third-order valence-electron chi connectivity index (χ3n) is 3.25. The topological polar surface area (TPSA) is 48.3 Å². The molecule has 0 spiro atoms. The van der Waals surface area contributed by atoms with Crippen LogP contribution in [0.4, 0.5) is 5.69 Å². The molecule has 2 aromatic rings. The number of benzene rings is 1. The number of aryl methyl sites for hydroxylation is 2. The number of nitrogens with zero attached hydrogens (tertiary/aromatic N) is 2. The molecule has 1 N–H and O–H groups in total. The first-order valence-corrected chi connectivity index (χ1v) is 7.24. The molecule has 0 radical (unpaired) electrons. The van der Waals surface area contributed by atoms with Crippen molar-refractivity contribution in [2.24, 2.45) is 7.05 Å². The van der Waals surface area contributed by atoms with Crippen LogP contribution in [0.5, 0.6) is 11.5 Å². The molecule has 5 heteroatoms. The van der Waals surface area contributed by atoms with Crippen molar-refractivity contribution in [3.8, 4) is 11.5 Å². The summed E-state index contributed by atoms with van der Waals surface area (Å²) in [7, 11) is 3.59. The number of rotatable bonds is 7. The molecule has 1 aromatic carbocycles. The molecule has 0 aliphatic rings.